The second-order valence-corrected chi connectivity index (χ2v) is 9.46. The van der Waals surface area contributed by atoms with Crippen LogP contribution in [0.4, 0.5) is 8.78 Å². The Balaban J connectivity index is 1.76. The average Bonchev–Trinajstić information content (AvgIpc) is 3.31. The van der Waals surface area contributed by atoms with Crippen LogP contribution >= 0.6 is 23.4 Å². The Kier molecular flexibility index (Phi) is 6.98. The molecule has 1 unspecified atom stereocenters. The van der Waals surface area contributed by atoms with Gasteiger partial charge in [0.1, 0.15) is 5.69 Å². The summed E-state index contributed by atoms with van der Waals surface area (Å²) in [5, 5.41) is 5.41. The van der Waals surface area contributed by atoms with Crippen LogP contribution in [0.5, 0.6) is 0 Å². The van der Waals surface area contributed by atoms with Crippen molar-refractivity contribution in [2.45, 2.75) is 10.4 Å². The highest BCUT2D eigenvalue weighted by Crippen LogP contribution is 2.46. The molecule has 0 saturated carbocycles. The highest BCUT2D eigenvalue weighted by molar-refractivity contribution is 7.99. The Bertz CT molecular complexity index is 1510. The first kappa shape index (κ1) is 24.0. The summed E-state index contributed by atoms with van der Waals surface area (Å²) >= 11 is 6.91. The molecule has 0 aliphatic carbocycles. The van der Waals surface area contributed by atoms with Crippen molar-refractivity contribution >= 4 is 29.4 Å². The summed E-state index contributed by atoms with van der Waals surface area (Å²) in [7, 11) is 0. The molecule has 0 radical (unpaired) electrons. The van der Waals surface area contributed by atoms with E-state index in [1.807, 2.05) is 72.8 Å². The molecular formula is C29H19ClF2N2OS. The van der Waals surface area contributed by atoms with E-state index in [0.717, 1.165) is 22.9 Å². The fourth-order valence-corrected chi connectivity index (χ4v) is 5.12. The minimum absolute atomic E-state index is 0.174. The second kappa shape index (κ2) is 10.5. The lowest BCUT2D eigenvalue weighted by Crippen LogP contribution is -2.05. The molecule has 36 heavy (non-hydrogen) atoms. The van der Waals surface area contributed by atoms with Crippen LogP contribution in [0.1, 0.15) is 21.6 Å². The maximum Gasteiger partial charge on any atom is 0.333 e. The molecule has 178 valence electrons. The Labute approximate surface area is 216 Å². The summed E-state index contributed by atoms with van der Waals surface area (Å²) in [5.74, 6) is 0. The lowest BCUT2D eigenvalue weighted by molar-refractivity contribution is 0.0832. The Hall–Kier alpha value is -3.74. The van der Waals surface area contributed by atoms with Crippen molar-refractivity contribution in [2.24, 2.45) is 0 Å². The lowest BCUT2D eigenvalue weighted by Gasteiger charge is -2.15. The third kappa shape index (κ3) is 4.83. The van der Waals surface area contributed by atoms with Gasteiger partial charge < -0.3 is 0 Å². The maximum atomic E-state index is 16.4. The van der Waals surface area contributed by atoms with E-state index in [9.17, 15) is 9.18 Å². The van der Waals surface area contributed by atoms with Gasteiger partial charge in [-0.25, -0.2) is 9.07 Å². The zero-order valence-corrected chi connectivity index (χ0v) is 20.4. The Morgan fingerprint density at radius 1 is 0.806 bits per heavy atom. The normalized spacial score (nSPS) is 11.9. The number of aromatic nitrogens is 2. The molecule has 5 aromatic rings. The van der Waals surface area contributed by atoms with Gasteiger partial charge in [0.25, 0.3) is 0 Å². The summed E-state index contributed by atoms with van der Waals surface area (Å²) in [5.41, 5.74) is 1.81. The molecule has 5 rings (SSSR count). The molecule has 7 heteroatoms. The van der Waals surface area contributed by atoms with Crippen LogP contribution in [0.3, 0.4) is 0 Å². The minimum Gasteiger partial charge on any atom is -0.255 e. The van der Waals surface area contributed by atoms with Gasteiger partial charge in [-0.2, -0.15) is 9.49 Å². The highest BCUT2D eigenvalue weighted by atomic mass is 35.5. The summed E-state index contributed by atoms with van der Waals surface area (Å²) in [4.78, 5) is 11.8. The van der Waals surface area contributed by atoms with Gasteiger partial charge in [0.05, 0.1) is 16.9 Å². The number of halogens is 3. The molecular weight excluding hydrogens is 498 g/mol. The van der Waals surface area contributed by atoms with Gasteiger partial charge in [-0.1, -0.05) is 96.2 Å². The van der Waals surface area contributed by atoms with Crippen molar-refractivity contribution in [3.63, 3.8) is 0 Å². The summed E-state index contributed by atoms with van der Waals surface area (Å²) in [6, 6.07) is 30.4. The van der Waals surface area contributed by atoms with Gasteiger partial charge in [-0.15, -0.1) is 0 Å². The molecule has 1 aromatic heterocycles. The quantitative estimate of drug-likeness (QED) is 0.160. The van der Waals surface area contributed by atoms with Crippen molar-refractivity contribution in [3.8, 4) is 28.1 Å². The molecule has 4 aromatic carbocycles. The number of carbonyl (C=O) groups excluding carboxylic acids is 1. The number of rotatable bonds is 7. The zero-order valence-electron chi connectivity index (χ0n) is 18.8. The molecule has 0 aliphatic heterocycles. The van der Waals surface area contributed by atoms with Crippen LogP contribution in [-0.4, -0.2) is 15.8 Å². The van der Waals surface area contributed by atoms with Crippen LogP contribution in [0.15, 0.2) is 114 Å². The lowest BCUT2D eigenvalue weighted by atomic mass is 9.99. The predicted octanol–water partition coefficient (Wildman–Crippen LogP) is 8.73. The number of benzene rings is 4. The maximum absolute atomic E-state index is 16.4. The predicted molar refractivity (Wildman–Crippen MR) is 141 cm³/mol. The van der Waals surface area contributed by atoms with E-state index in [4.69, 9.17) is 16.7 Å². The largest absolute Gasteiger partial charge is 0.333 e. The highest BCUT2D eigenvalue weighted by Gasteiger charge is 2.29. The molecule has 0 fully saturated rings. The van der Waals surface area contributed by atoms with Crippen molar-refractivity contribution in [1.29, 1.82) is 0 Å². The zero-order chi connectivity index (χ0) is 25.1. The molecule has 1 heterocycles. The van der Waals surface area contributed by atoms with Gasteiger partial charge in [-0.3, -0.25) is 4.79 Å². The summed E-state index contributed by atoms with van der Waals surface area (Å²) < 4.78 is 31.7. The number of carbonyl (C=O) groups is 1. The van der Waals surface area contributed by atoms with Crippen LogP contribution in [0, 0.1) is 0 Å². The van der Waals surface area contributed by atoms with Crippen molar-refractivity contribution in [3.05, 3.63) is 125 Å². The molecule has 1 atom stereocenters. The molecule has 0 N–H and O–H groups in total. The monoisotopic (exact) mass is 516 g/mol. The first-order valence-electron chi connectivity index (χ1n) is 11.1. The van der Waals surface area contributed by atoms with Crippen LogP contribution in [0.2, 0.25) is 5.02 Å². The van der Waals surface area contributed by atoms with Gasteiger partial charge in [0.2, 0.25) is 0 Å². The molecule has 0 saturated heterocycles. The van der Waals surface area contributed by atoms with Gasteiger partial charge in [0, 0.05) is 21.0 Å². The Morgan fingerprint density at radius 2 is 1.42 bits per heavy atom. The van der Waals surface area contributed by atoms with E-state index in [0.29, 0.717) is 22.0 Å². The molecule has 0 spiro atoms. The fourth-order valence-electron chi connectivity index (χ4n) is 4.01. The first-order valence-corrected chi connectivity index (χ1v) is 12.4. The van der Waals surface area contributed by atoms with E-state index >= 15 is 4.39 Å². The smallest absolute Gasteiger partial charge is 0.255 e. The number of alkyl halides is 1. The molecule has 0 aliphatic rings. The van der Waals surface area contributed by atoms with Crippen molar-refractivity contribution < 1.29 is 13.6 Å². The SMILES string of the molecule is O=C(F)c1ccccc1SC(F)c1c(-c2ccc(Cl)cc2)c(-c2ccccc2)nn1-c1ccccc1. The minimum atomic E-state index is -1.68. The Morgan fingerprint density at radius 3 is 2.08 bits per heavy atom. The van der Waals surface area contributed by atoms with Crippen LogP contribution in [0.25, 0.3) is 28.1 Å². The third-order valence-corrected chi connectivity index (χ3v) is 6.94. The standard InChI is InChI=1S/C29H19ClF2N2OS/c30-21-17-15-19(16-18-21)25-26(20-9-3-1-4-10-20)33-34(22-11-5-2-6-12-22)27(25)29(32)36-24-14-8-7-13-23(24)28(31)35/h1-18,29H. The van der Waals surface area contributed by atoms with Gasteiger partial charge >= 0.3 is 6.04 Å². The first-order chi connectivity index (χ1) is 17.5. The average molecular weight is 517 g/mol. The molecule has 0 amide bonds. The van der Waals surface area contributed by atoms with Crippen molar-refractivity contribution in [1.82, 2.24) is 9.78 Å². The van der Waals surface area contributed by atoms with Gasteiger partial charge in [0.15, 0.2) is 5.50 Å². The summed E-state index contributed by atoms with van der Waals surface area (Å²) in [6.45, 7) is 0. The fraction of sp³-hybridized carbons (Fsp3) is 0.0345. The topological polar surface area (TPSA) is 34.9 Å². The number of hydrogen-bond acceptors (Lipinski definition) is 3. The molecule has 0 bridgehead atoms. The van der Waals surface area contributed by atoms with E-state index in [2.05, 4.69) is 0 Å². The second-order valence-electron chi connectivity index (χ2n) is 7.93. The third-order valence-electron chi connectivity index (χ3n) is 5.65. The van der Waals surface area contributed by atoms with Crippen LogP contribution < -0.4 is 0 Å². The van der Waals surface area contributed by atoms with Crippen molar-refractivity contribution in [2.75, 3.05) is 0 Å². The van der Waals surface area contributed by atoms with E-state index < -0.39 is 11.5 Å². The van der Waals surface area contributed by atoms with E-state index in [-0.39, 0.29) is 16.2 Å². The van der Waals surface area contributed by atoms with E-state index in [1.54, 1.807) is 28.9 Å². The number of hydrogen-bond donors (Lipinski definition) is 0. The number of thioether (sulfide) groups is 1. The van der Waals surface area contributed by atoms with Crippen LogP contribution in [-0.2, 0) is 0 Å². The van der Waals surface area contributed by atoms with Gasteiger partial charge in [-0.05, 0) is 42.0 Å². The number of para-hydroxylation sites is 1. The number of nitrogens with zero attached hydrogens (tertiary/aromatic N) is 2. The summed E-state index contributed by atoms with van der Waals surface area (Å²) in [6.07, 6.45) is 0. The molecule has 3 nitrogen and oxygen atoms in total. The van der Waals surface area contributed by atoms with E-state index in [1.165, 1.54) is 12.1 Å².